The molecule has 0 aliphatic rings. The van der Waals surface area contributed by atoms with Crippen molar-refractivity contribution in [3.8, 4) is 0 Å². The molecular weight excluding hydrogens is 347 g/mol. The lowest BCUT2D eigenvalue weighted by molar-refractivity contribution is -0.120. The Morgan fingerprint density at radius 2 is 1.62 bits per heavy atom. The van der Waals surface area contributed by atoms with Crippen molar-refractivity contribution in [2.24, 2.45) is 0 Å². The molecule has 1 N–H and O–H groups in total. The predicted molar refractivity (Wildman–Crippen MR) is 99.0 cm³/mol. The minimum absolute atomic E-state index is 0.0953. The Morgan fingerprint density at radius 1 is 1.00 bits per heavy atom. The van der Waals surface area contributed by atoms with Crippen LogP contribution in [0.4, 0.5) is 11.4 Å². The SMILES string of the molecule is CC(=O)N(CC(=O)Nc1cc(Cl)cc(Cl)c1)c1ccc(C)c(C)c1. The molecule has 0 fully saturated rings. The molecule has 0 heterocycles. The van der Waals surface area contributed by atoms with E-state index in [1.807, 2.05) is 32.0 Å². The molecule has 2 aromatic carbocycles. The number of aryl methyl sites for hydroxylation is 2. The Bertz CT molecular complexity index is 770. The monoisotopic (exact) mass is 364 g/mol. The zero-order valence-corrected chi connectivity index (χ0v) is 15.2. The number of hydrogen-bond acceptors (Lipinski definition) is 2. The number of benzene rings is 2. The van der Waals surface area contributed by atoms with Crippen molar-refractivity contribution in [1.29, 1.82) is 0 Å². The minimum Gasteiger partial charge on any atom is -0.324 e. The Kier molecular flexibility index (Phi) is 5.86. The third-order valence-corrected chi connectivity index (χ3v) is 4.07. The molecule has 0 atom stereocenters. The number of nitrogens with one attached hydrogen (secondary N) is 1. The van der Waals surface area contributed by atoms with Crippen LogP contribution in [0.5, 0.6) is 0 Å². The molecule has 0 unspecified atom stereocenters. The standard InChI is InChI=1S/C18H18Cl2N2O2/c1-11-4-5-17(6-12(11)2)22(13(3)23)10-18(24)21-16-8-14(19)7-15(20)9-16/h4-9H,10H2,1-3H3,(H,21,24). The molecular formula is C18H18Cl2N2O2. The third-order valence-electron chi connectivity index (χ3n) is 3.63. The summed E-state index contributed by atoms with van der Waals surface area (Å²) in [6.07, 6.45) is 0. The van der Waals surface area contributed by atoms with Gasteiger partial charge < -0.3 is 10.2 Å². The number of carbonyl (C=O) groups excluding carboxylic acids is 2. The van der Waals surface area contributed by atoms with Gasteiger partial charge in [0.2, 0.25) is 11.8 Å². The van der Waals surface area contributed by atoms with Crippen LogP contribution in [0.3, 0.4) is 0 Å². The molecule has 0 spiro atoms. The second-order valence-corrected chi connectivity index (χ2v) is 6.45. The second kappa shape index (κ2) is 7.69. The fourth-order valence-electron chi connectivity index (χ4n) is 2.25. The van der Waals surface area contributed by atoms with Gasteiger partial charge in [-0.05, 0) is 55.3 Å². The lowest BCUT2D eigenvalue weighted by atomic mass is 10.1. The third kappa shape index (κ3) is 4.73. The van der Waals surface area contributed by atoms with Gasteiger partial charge in [-0.1, -0.05) is 29.3 Å². The highest BCUT2D eigenvalue weighted by atomic mass is 35.5. The molecule has 4 nitrogen and oxygen atoms in total. The molecule has 126 valence electrons. The maximum atomic E-state index is 12.3. The molecule has 2 amide bonds. The van der Waals surface area contributed by atoms with Crippen LogP contribution in [0.2, 0.25) is 10.0 Å². The van der Waals surface area contributed by atoms with Gasteiger partial charge in [0.25, 0.3) is 0 Å². The van der Waals surface area contributed by atoms with Gasteiger partial charge in [0.1, 0.15) is 6.54 Å². The maximum absolute atomic E-state index is 12.3. The average molecular weight is 365 g/mol. The van der Waals surface area contributed by atoms with Crippen molar-refractivity contribution in [3.63, 3.8) is 0 Å². The van der Waals surface area contributed by atoms with E-state index in [1.165, 1.54) is 11.8 Å². The summed E-state index contributed by atoms with van der Waals surface area (Å²) in [4.78, 5) is 25.6. The van der Waals surface area contributed by atoms with Gasteiger partial charge in [-0.25, -0.2) is 0 Å². The normalized spacial score (nSPS) is 10.4. The molecule has 0 aliphatic heterocycles. The van der Waals surface area contributed by atoms with Crippen LogP contribution < -0.4 is 10.2 Å². The number of anilines is 2. The fourth-order valence-corrected chi connectivity index (χ4v) is 2.77. The lowest BCUT2D eigenvalue weighted by Gasteiger charge is -2.21. The number of halogens is 2. The highest BCUT2D eigenvalue weighted by Gasteiger charge is 2.16. The van der Waals surface area contributed by atoms with Gasteiger partial charge >= 0.3 is 0 Å². The van der Waals surface area contributed by atoms with Crippen LogP contribution in [-0.4, -0.2) is 18.4 Å². The predicted octanol–water partition coefficient (Wildman–Crippen LogP) is 4.60. The molecule has 2 rings (SSSR count). The highest BCUT2D eigenvalue weighted by Crippen LogP contribution is 2.23. The number of amides is 2. The number of nitrogens with zero attached hydrogens (tertiary/aromatic N) is 1. The van der Waals surface area contributed by atoms with Gasteiger partial charge in [-0.15, -0.1) is 0 Å². The number of carbonyl (C=O) groups is 2. The van der Waals surface area contributed by atoms with Crippen LogP contribution in [0, 0.1) is 13.8 Å². The van der Waals surface area contributed by atoms with Crippen molar-refractivity contribution in [2.45, 2.75) is 20.8 Å². The van der Waals surface area contributed by atoms with Crippen molar-refractivity contribution < 1.29 is 9.59 Å². The van der Waals surface area contributed by atoms with Crippen LogP contribution in [0.15, 0.2) is 36.4 Å². The van der Waals surface area contributed by atoms with Crippen molar-refractivity contribution in [2.75, 3.05) is 16.8 Å². The molecule has 6 heteroatoms. The van der Waals surface area contributed by atoms with E-state index in [2.05, 4.69) is 5.32 Å². The lowest BCUT2D eigenvalue weighted by Crippen LogP contribution is -2.36. The van der Waals surface area contributed by atoms with Gasteiger partial charge in [0, 0.05) is 28.3 Å². The van der Waals surface area contributed by atoms with Crippen molar-refractivity contribution in [1.82, 2.24) is 0 Å². The summed E-state index contributed by atoms with van der Waals surface area (Å²) in [6.45, 7) is 5.29. The first-order chi connectivity index (χ1) is 11.3. The molecule has 2 aromatic rings. The van der Waals surface area contributed by atoms with E-state index in [-0.39, 0.29) is 18.4 Å². The molecule has 0 saturated carbocycles. The fraction of sp³-hybridized carbons (Fsp3) is 0.222. The molecule has 0 aliphatic carbocycles. The Hall–Kier alpha value is -2.04. The smallest absolute Gasteiger partial charge is 0.244 e. The first-order valence-corrected chi connectivity index (χ1v) is 8.13. The summed E-state index contributed by atoms with van der Waals surface area (Å²) in [7, 11) is 0. The second-order valence-electron chi connectivity index (χ2n) is 5.58. The van der Waals surface area contributed by atoms with Crippen LogP contribution in [0.25, 0.3) is 0 Å². The van der Waals surface area contributed by atoms with E-state index in [0.29, 0.717) is 21.4 Å². The summed E-state index contributed by atoms with van der Waals surface area (Å²) >= 11 is 11.8. The minimum atomic E-state index is -0.332. The zero-order chi connectivity index (χ0) is 17.9. The van der Waals surface area contributed by atoms with E-state index in [1.54, 1.807) is 18.2 Å². The Balaban J connectivity index is 2.16. The maximum Gasteiger partial charge on any atom is 0.244 e. The zero-order valence-electron chi connectivity index (χ0n) is 13.7. The van der Waals surface area contributed by atoms with Gasteiger partial charge in [0.05, 0.1) is 0 Å². The molecule has 0 saturated heterocycles. The largest absolute Gasteiger partial charge is 0.324 e. The van der Waals surface area contributed by atoms with E-state index < -0.39 is 0 Å². The van der Waals surface area contributed by atoms with Crippen molar-refractivity contribution >= 4 is 46.4 Å². The molecule has 0 radical (unpaired) electrons. The van der Waals surface area contributed by atoms with E-state index in [0.717, 1.165) is 11.1 Å². The van der Waals surface area contributed by atoms with E-state index >= 15 is 0 Å². The van der Waals surface area contributed by atoms with E-state index in [4.69, 9.17) is 23.2 Å². The van der Waals surface area contributed by atoms with Crippen LogP contribution in [-0.2, 0) is 9.59 Å². The summed E-state index contributed by atoms with van der Waals surface area (Å²) < 4.78 is 0. The van der Waals surface area contributed by atoms with E-state index in [9.17, 15) is 9.59 Å². The van der Waals surface area contributed by atoms with Crippen molar-refractivity contribution in [3.05, 3.63) is 57.6 Å². The average Bonchev–Trinajstić information content (AvgIpc) is 2.46. The topological polar surface area (TPSA) is 49.4 Å². The molecule has 0 aromatic heterocycles. The number of hydrogen-bond donors (Lipinski definition) is 1. The first-order valence-electron chi connectivity index (χ1n) is 7.37. The quantitative estimate of drug-likeness (QED) is 0.861. The molecule has 24 heavy (non-hydrogen) atoms. The van der Waals surface area contributed by atoms with Crippen LogP contribution in [0.1, 0.15) is 18.1 Å². The first kappa shape index (κ1) is 18.3. The van der Waals surface area contributed by atoms with Gasteiger partial charge in [-0.2, -0.15) is 0 Å². The highest BCUT2D eigenvalue weighted by molar-refractivity contribution is 6.35. The van der Waals surface area contributed by atoms with Gasteiger partial charge in [-0.3, -0.25) is 9.59 Å². The Morgan fingerprint density at radius 3 is 2.17 bits per heavy atom. The van der Waals surface area contributed by atoms with Gasteiger partial charge in [0.15, 0.2) is 0 Å². The summed E-state index contributed by atoms with van der Waals surface area (Å²) in [6, 6.07) is 10.4. The molecule has 0 bridgehead atoms. The summed E-state index contributed by atoms with van der Waals surface area (Å²) in [5, 5.41) is 3.56. The summed E-state index contributed by atoms with van der Waals surface area (Å²) in [5.74, 6) is -0.542. The van der Waals surface area contributed by atoms with Crippen LogP contribution >= 0.6 is 23.2 Å². The summed E-state index contributed by atoms with van der Waals surface area (Å²) in [5.41, 5.74) is 3.35. The number of rotatable bonds is 4. The Labute approximate surface area is 151 Å².